The number of urea groups is 1. The van der Waals surface area contributed by atoms with Crippen LogP contribution in [0.2, 0.25) is 0 Å². The number of hydrogen-bond donors (Lipinski definition) is 2. The van der Waals surface area contributed by atoms with Crippen LogP contribution in [-0.2, 0) is 0 Å². The Labute approximate surface area is 118 Å². The van der Waals surface area contributed by atoms with Crippen LogP contribution in [0, 0.1) is 0 Å². The number of carbonyl (C=O) groups is 2. The molecule has 1 saturated heterocycles. The van der Waals surface area contributed by atoms with Crippen LogP contribution in [0.1, 0.15) is 16.8 Å². The van der Waals surface area contributed by atoms with Crippen LogP contribution in [0.25, 0.3) is 0 Å². The van der Waals surface area contributed by atoms with Crippen molar-refractivity contribution in [2.75, 3.05) is 38.5 Å². The molecule has 1 aromatic carbocycles. The highest BCUT2D eigenvalue weighted by Gasteiger charge is 2.17. The number of carboxylic acids is 1. The number of anilines is 1. The number of rotatable bonds is 2. The number of aromatic carboxylic acids is 1. The van der Waals surface area contributed by atoms with E-state index in [0.717, 1.165) is 26.1 Å². The first-order valence-corrected chi connectivity index (χ1v) is 6.64. The second kappa shape index (κ2) is 6.38. The third kappa shape index (κ3) is 3.71. The summed E-state index contributed by atoms with van der Waals surface area (Å²) < 4.78 is 0. The van der Waals surface area contributed by atoms with Crippen molar-refractivity contribution in [3.63, 3.8) is 0 Å². The predicted octanol–water partition coefficient (Wildman–Crippen LogP) is 1.55. The van der Waals surface area contributed by atoms with Gasteiger partial charge in [-0.15, -0.1) is 0 Å². The summed E-state index contributed by atoms with van der Waals surface area (Å²) in [5.74, 6) is -1.00. The van der Waals surface area contributed by atoms with Gasteiger partial charge in [0.15, 0.2) is 0 Å². The maximum Gasteiger partial charge on any atom is 0.335 e. The Bertz CT molecular complexity index is 504. The van der Waals surface area contributed by atoms with E-state index in [1.54, 1.807) is 17.0 Å². The molecule has 1 aliphatic heterocycles. The fraction of sp³-hybridized carbons (Fsp3) is 0.429. The highest BCUT2D eigenvalue weighted by atomic mass is 16.4. The topological polar surface area (TPSA) is 72.9 Å². The lowest BCUT2D eigenvalue weighted by molar-refractivity contribution is 0.0697. The molecule has 108 valence electrons. The van der Waals surface area contributed by atoms with Crippen LogP contribution in [0.3, 0.4) is 0 Å². The van der Waals surface area contributed by atoms with Crippen LogP contribution in [0.5, 0.6) is 0 Å². The molecule has 0 aromatic heterocycles. The maximum atomic E-state index is 12.2. The SMILES string of the molecule is CN1CCCN(C(=O)Nc2cccc(C(=O)O)c2)CC1. The Morgan fingerprint density at radius 3 is 2.75 bits per heavy atom. The molecule has 6 nitrogen and oxygen atoms in total. The van der Waals surface area contributed by atoms with E-state index < -0.39 is 5.97 Å². The molecular formula is C14H19N3O3. The van der Waals surface area contributed by atoms with Crippen LogP contribution in [0.4, 0.5) is 10.5 Å². The Kier molecular flexibility index (Phi) is 4.57. The molecule has 6 heteroatoms. The van der Waals surface area contributed by atoms with Gasteiger partial charge in [0.05, 0.1) is 5.56 Å². The third-order valence-corrected chi connectivity index (χ3v) is 3.37. The largest absolute Gasteiger partial charge is 0.478 e. The summed E-state index contributed by atoms with van der Waals surface area (Å²) >= 11 is 0. The lowest BCUT2D eigenvalue weighted by Crippen LogP contribution is -2.37. The van der Waals surface area contributed by atoms with Crippen molar-refractivity contribution in [1.82, 2.24) is 9.80 Å². The summed E-state index contributed by atoms with van der Waals surface area (Å²) in [5.41, 5.74) is 0.672. The average Bonchev–Trinajstić information content (AvgIpc) is 2.64. The van der Waals surface area contributed by atoms with Gasteiger partial charge in [-0.2, -0.15) is 0 Å². The number of carboxylic acid groups (broad SMARTS) is 1. The molecule has 0 atom stereocenters. The minimum Gasteiger partial charge on any atom is -0.478 e. The van der Waals surface area contributed by atoms with Gasteiger partial charge in [-0.05, 0) is 38.2 Å². The first-order valence-electron chi connectivity index (χ1n) is 6.64. The van der Waals surface area contributed by atoms with Gasteiger partial charge in [0.25, 0.3) is 0 Å². The monoisotopic (exact) mass is 277 g/mol. The molecule has 1 fully saturated rings. The van der Waals surface area contributed by atoms with E-state index in [0.29, 0.717) is 12.2 Å². The molecule has 2 N–H and O–H groups in total. The molecular weight excluding hydrogens is 258 g/mol. The number of carbonyl (C=O) groups excluding carboxylic acids is 1. The van der Waals surface area contributed by atoms with E-state index in [1.807, 2.05) is 7.05 Å². The summed E-state index contributed by atoms with van der Waals surface area (Å²) in [5, 5.41) is 11.7. The van der Waals surface area contributed by atoms with Crippen molar-refractivity contribution in [2.24, 2.45) is 0 Å². The van der Waals surface area contributed by atoms with Gasteiger partial charge in [0.1, 0.15) is 0 Å². The molecule has 0 unspecified atom stereocenters. The van der Waals surface area contributed by atoms with Crippen molar-refractivity contribution in [3.8, 4) is 0 Å². The third-order valence-electron chi connectivity index (χ3n) is 3.37. The quantitative estimate of drug-likeness (QED) is 0.860. The average molecular weight is 277 g/mol. The van der Waals surface area contributed by atoms with Crippen molar-refractivity contribution in [2.45, 2.75) is 6.42 Å². The number of nitrogens with zero attached hydrogens (tertiary/aromatic N) is 2. The second-order valence-corrected chi connectivity index (χ2v) is 4.96. The minimum atomic E-state index is -1.00. The van der Waals surface area contributed by atoms with E-state index in [2.05, 4.69) is 10.2 Å². The first-order chi connectivity index (χ1) is 9.56. The summed E-state index contributed by atoms with van der Waals surface area (Å²) in [4.78, 5) is 27.0. The molecule has 0 spiro atoms. The lowest BCUT2D eigenvalue weighted by Gasteiger charge is -2.21. The predicted molar refractivity (Wildman–Crippen MR) is 76.1 cm³/mol. The normalized spacial score (nSPS) is 16.6. The van der Waals surface area contributed by atoms with Gasteiger partial charge in [-0.25, -0.2) is 9.59 Å². The fourth-order valence-electron chi connectivity index (χ4n) is 2.18. The van der Waals surface area contributed by atoms with E-state index in [9.17, 15) is 9.59 Å². The Morgan fingerprint density at radius 2 is 2.00 bits per heavy atom. The first kappa shape index (κ1) is 14.3. The van der Waals surface area contributed by atoms with Crippen molar-refractivity contribution < 1.29 is 14.7 Å². The molecule has 0 bridgehead atoms. The van der Waals surface area contributed by atoms with Crippen molar-refractivity contribution >= 4 is 17.7 Å². The molecule has 20 heavy (non-hydrogen) atoms. The highest BCUT2D eigenvalue weighted by Crippen LogP contribution is 2.12. The van der Waals surface area contributed by atoms with Crippen molar-refractivity contribution in [1.29, 1.82) is 0 Å². The zero-order valence-corrected chi connectivity index (χ0v) is 11.5. The number of amides is 2. The summed E-state index contributed by atoms with van der Waals surface area (Å²) in [6, 6.07) is 6.09. The lowest BCUT2D eigenvalue weighted by atomic mass is 10.2. The summed E-state index contributed by atoms with van der Waals surface area (Å²) in [7, 11) is 2.04. The Balaban J connectivity index is 2.00. The van der Waals surface area contributed by atoms with Gasteiger partial charge < -0.3 is 20.2 Å². The molecule has 0 radical (unpaired) electrons. The van der Waals surface area contributed by atoms with Crippen LogP contribution < -0.4 is 5.32 Å². The van der Waals surface area contributed by atoms with E-state index in [1.165, 1.54) is 12.1 Å². The van der Waals surface area contributed by atoms with E-state index >= 15 is 0 Å². The number of likely N-dealkylation sites (N-methyl/N-ethyl adjacent to an activating group) is 1. The smallest absolute Gasteiger partial charge is 0.335 e. The van der Waals surface area contributed by atoms with E-state index in [-0.39, 0.29) is 11.6 Å². The number of hydrogen-bond acceptors (Lipinski definition) is 3. The fourth-order valence-corrected chi connectivity index (χ4v) is 2.18. The summed E-state index contributed by atoms with van der Waals surface area (Å²) in [6.07, 6.45) is 0.944. The molecule has 0 saturated carbocycles. The molecule has 0 aliphatic carbocycles. The maximum absolute atomic E-state index is 12.2. The zero-order chi connectivity index (χ0) is 14.5. The van der Waals surface area contributed by atoms with Gasteiger partial charge in [-0.1, -0.05) is 6.07 Å². The Hall–Kier alpha value is -2.08. The van der Waals surface area contributed by atoms with Crippen LogP contribution in [0.15, 0.2) is 24.3 Å². The van der Waals surface area contributed by atoms with Crippen LogP contribution >= 0.6 is 0 Å². The second-order valence-electron chi connectivity index (χ2n) is 4.96. The van der Waals surface area contributed by atoms with Crippen LogP contribution in [-0.4, -0.2) is 60.1 Å². The highest BCUT2D eigenvalue weighted by molar-refractivity contribution is 5.93. The standard InChI is InChI=1S/C14H19N3O3/c1-16-6-3-7-17(9-8-16)14(20)15-12-5-2-4-11(10-12)13(18)19/h2,4-5,10H,3,6-9H2,1H3,(H,15,20)(H,18,19). The van der Waals surface area contributed by atoms with Gasteiger partial charge in [-0.3, -0.25) is 0 Å². The molecule has 2 amide bonds. The zero-order valence-electron chi connectivity index (χ0n) is 11.5. The minimum absolute atomic E-state index is 0.165. The summed E-state index contributed by atoms with van der Waals surface area (Å²) in [6.45, 7) is 3.23. The van der Waals surface area contributed by atoms with Gasteiger partial charge >= 0.3 is 12.0 Å². The van der Waals surface area contributed by atoms with E-state index in [4.69, 9.17) is 5.11 Å². The Morgan fingerprint density at radius 1 is 1.20 bits per heavy atom. The molecule has 1 aromatic rings. The van der Waals surface area contributed by atoms with Gasteiger partial charge in [0, 0.05) is 25.3 Å². The molecule has 2 rings (SSSR count). The molecule has 1 heterocycles. The number of benzene rings is 1. The van der Waals surface area contributed by atoms with Gasteiger partial charge in [0.2, 0.25) is 0 Å². The van der Waals surface area contributed by atoms with Crippen molar-refractivity contribution in [3.05, 3.63) is 29.8 Å². The molecule has 1 aliphatic rings. The number of nitrogens with one attached hydrogen (secondary N) is 1.